The Morgan fingerprint density at radius 1 is 1.16 bits per heavy atom. The molecule has 0 radical (unpaired) electrons. The van der Waals surface area contributed by atoms with Gasteiger partial charge in [-0.3, -0.25) is 0 Å². The summed E-state index contributed by atoms with van der Waals surface area (Å²) in [7, 11) is -3.26. The second-order valence-electron chi connectivity index (χ2n) is 4.00. The molecule has 0 aliphatic heterocycles. The SMILES string of the molecule is CS(=O)(=O)c1ccc(-c2cccnc2C(=O)O)cc1. The summed E-state index contributed by atoms with van der Waals surface area (Å²) in [5.74, 6) is -1.12. The summed E-state index contributed by atoms with van der Waals surface area (Å²) in [6, 6.07) is 9.30. The lowest BCUT2D eigenvalue weighted by atomic mass is 10.0. The van der Waals surface area contributed by atoms with Crippen molar-refractivity contribution in [1.29, 1.82) is 0 Å². The van der Waals surface area contributed by atoms with Crippen LogP contribution in [-0.2, 0) is 9.84 Å². The van der Waals surface area contributed by atoms with Gasteiger partial charge in [0.25, 0.3) is 0 Å². The number of hydrogen-bond acceptors (Lipinski definition) is 4. The minimum Gasteiger partial charge on any atom is -0.476 e. The van der Waals surface area contributed by atoms with Gasteiger partial charge in [-0.05, 0) is 23.8 Å². The molecule has 1 heterocycles. The Morgan fingerprint density at radius 2 is 1.79 bits per heavy atom. The highest BCUT2D eigenvalue weighted by Gasteiger charge is 2.13. The van der Waals surface area contributed by atoms with Crippen LogP contribution in [0.3, 0.4) is 0 Å². The lowest BCUT2D eigenvalue weighted by molar-refractivity contribution is 0.0691. The van der Waals surface area contributed by atoms with Crippen LogP contribution in [0.4, 0.5) is 0 Å². The quantitative estimate of drug-likeness (QED) is 0.925. The minimum atomic E-state index is -3.26. The first kappa shape index (κ1) is 13.2. The fourth-order valence-corrected chi connectivity index (χ4v) is 2.32. The van der Waals surface area contributed by atoms with E-state index in [1.165, 1.54) is 18.3 Å². The van der Waals surface area contributed by atoms with Crippen molar-refractivity contribution in [2.45, 2.75) is 4.90 Å². The zero-order chi connectivity index (χ0) is 14.0. The van der Waals surface area contributed by atoms with E-state index < -0.39 is 15.8 Å². The van der Waals surface area contributed by atoms with Crippen molar-refractivity contribution in [3.8, 4) is 11.1 Å². The van der Waals surface area contributed by atoms with Crippen LogP contribution in [0.5, 0.6) is 0 Å². The summed E-state index contributed by atoms with van der Waals surface area (Å²) >= 11 is 0. The molecule has 2 aromatic rings. The average Bonchev–Trinajstić information content (AvgIpc) is 2.38. The van der Waals surface area contributed by atoms with Gasteiger partial charge in [-0.25, -0.2) is 18.2 Å². The van der Waals surface area contributed by atoms with Crippen LogP contribution in [-0.4, -0.2) is 30.7 Å². The smallest absolute Gasteiger partial charge is 0.355 e. The summed E-state index contributed by atoms with van der Waals surface area (Å²) in [5, 5.41) is 9.05. The standard InChI is InChI=1S/C13H11NO4S/c1-19(17,18)10-6-4-9(5-7-10)11-3-2-8-14-12(11)13(15)16/h2-8H,1H3,(H,15,16). The van der Waals surface area contributed by atoms with Crippen molar-refractivity contribution in [2.24, 2.45) is 0 Å². The Kier molecular flexibility index (Phi) is 3.35. The predicted molar refractivity (Wildman–Crippen MR) is 69.7 cm³/mol. The van der Waals surface area contributed by atoms with E-state index in [0.717, 1.165) is 6.26 Å². The fourth-order valence-electron chi connectivity index (χ4n) is 1.69. The molecule has 19 heavy (non-hydrogen) atoms. The molecular weight excluding hydrogens is 266 g/mol. The Balaban J connectivity index is 2.52. The van der Waals surface area contributed by atoms with E-state index in [9.17, 15) is 13.2 Å². The van der Waals surface area contributed by atoms with Crippen molar-refractivity contribution >= 4 is 15.8 Å². The van der Waals surface area contributed by atoms with Gasteiger partial charge in [0, 0.05) is 18.0 Å². The summed E-state index contributed by atoms with van der Waals surface area (Å²) < 4.78 is 22.7. The molecule has 0 saturated carbocycles. The Labute approximate surface area is 110 Å². The Bertz CT molecular complexity index is 721. The second-order valence-corrected chi connectivity index (χ2v) is 6.02. The molecule has 6 heteroatoms. The summed E-state index contributed by atoms with van der Waals surface area (Å²) in [4.78, 5) is 15.1. The molecule has 1 aromatic heterocycles. The number of sulfone groups is 1. The Morgan fingerprint density at radius 3 is 2.32 bits per heavy atom. The molecular formula is C13H11NO4S. The van der Waals surface area contributed by atoms with E-state index in [1.807, 2.05) is 0 Å². The molecule has 0 amide bonds. The van der Waals surface area contributed by atoms with Crippen molar-refractivity contribution in [2.75, 3.05) is 6.26 Å². The van der Waals surface area contributed by atoms with Gasteiger partial charge in [-0.2, -0.15) is 0 Å². The van der Waals surface area contributed by atoms with Gasteiger partial charge < -0.3 is 5.11 Å². The predicted octanol–water partition coefficient (Wildman–Crippen LogP) is 1.85. The molecule has 0 spiro atoms. The number of aromatic carboxylic acids is 1. The molecule has 1 N–H and O–H groups in total. The molecule has 0 fully saturated rings. The maximum atomic E-state index is 11.3. The third kappa shape index (κ3) is 2.79. The molecule has 98 valence electrons. The summed E-state index contributed by atoms with van der Waals surface area (Å²) in [6.45, 7) is 0. The van der Waals surface area contributed by atoms with Gasteiger partial charge in [0.2, 0.25) is 0 Å². The molecule has 0 aliphatic carbocycles. The molecule has 0 atom stereocenters. The average molecular weight is 277 g/mol. The molecule has 0 saturated heterocycles. The summed E-state index contributed by atoms with van der Waals surface area (Å²) in [6.07, 6.45) is 2.52. The van der Waals surface area contributed by atoms with Crippen LogP contribution in [0.15, 0.2) is 47.5 Å². The van der Waals surface area contributed by atoms with Gasteiger partial charge >= 0.3 is 5.97 Å². The zero-order valence-corrected chi connectivity index (χ0v) is 10.9. The first-order valence-corrected chi connectivity index (χ1v) is 7.27. The summed E-state index contributed by atoms with van der Waals surface area (Å²) in [5.41, 5.74) is 1.00. The first-order chi connectivity index (χ1) is 8.89. The number of carboxylic acid groups (broad SMARTS) is 1. The third-order valence-corrected chi connectivity index (χ3v) is 3.73. The molecule has 5 nitrogen and oxygen atoms in total. The number of carboxylic acids is 1. The number of benzene rings is 1. The monoisotopic (exact) mass is 277 g/mol. The molecule has 2 rings (SSSR count). The lowest BCUT2D eigenvalue weighted by Gasteiger charge is -2.06. The number of pyridine rings is 1. The maximum absolute atomic E-state index is 11.3. The number of hydrogen-bond donors (Lipinski definition) is 1. The van der Waals surface area contributed by atoms with Crippen molar-refractivity contribution < 1.29 is 18.3 Å². The normalized spacial score (nSPS) is 11.2. The van der Waals surface area contributed by atoms with Crippen LogP contribution in [0.2, 0.25) is 0 Å². The van der Waals surface area contributed by atoms with E-state index in [0.29, 0.717) is 11.1 Å². The van der Waals surface area contributed by atoms with Gasteiger partial charge in [-0.15, -0.1) is 0 Å². The number of rotatable bonds is 3. The molecule has 1 aromatic carbocycles. The Hall–Kier alpha value is -2.21. The largest absolute Gasteiger partial charge is 0.476 e. The van der Waals surface area contributed by atoms with Crippen molar-refractivity contribution in [3.63, 3.8) is 0 Å². The van der Waals surface area contributed by atoms with Crippen LogP contribution in [0, 0.1) is 0 Å². The minimum absolute atomic E-state index is 0.0606. The zero-order valence-electron chi connectivity index (χ0n) is 10.1. The molecule has 0 aliphatic rings. The van der Waals surface area contributed by atoms with Crippen molar-refractivity contribution in [3.05, 3.63) is 48.3 Å². The van der Waals surface area contributed by atoms with Crippen LogP contribution >= 0.6 is 0 Å². The van der Waals surface area contributed by atoms with Gasteiger partial charge in [0.05, 0.1) is 4.90 Å². The van der Waals surface area contributed by atoms with E-state index in [-0.39, 0.29) is 10.6 Å². The lowest BCUT2D eigenvalue weighted by Crippen LogP contribution is -2.02. The number of carbonyl (C=O) groups is 1. The molecule has 0 bridgehead atoms. The van der Waals surface area contributed by atoms with Gasteiger partial charge in [0.15, 0.2) is 15.5 Å². The second kappa shape index (κ2) is 4.81. The maximum Gasteiger partial charge on any atom is 0.355 e. The number of nitrogens with zero attached hydrogens (tertiary/aromatic N) is 1. The van der Waals surface area contributed by atoms with Crippen molar-refractivity contribution in [1.82, 2.24) is 4.98 Å². The van der Waals surface area contributed by atoms with Gasteiger partial charge in [0.1, 0.15) is 0 Å². The van der Waals surface area contributed by atoms with E-state index in [1.54, 1.807) is 24.3 Å². The third-order valence-electron chi connectivity index (χ3n) is 2.60. The first-order valence-electron chi connectivity index (χ1n) is 5.38. The highest BCUT2D eigenvalue weighted by atomic mass is 32.2. The van der Waals surface area contributed by atoms with E-state index >= 15 is 0 Å². The molecule has 0 unspecified atom stereocenters. The fraction of sp³-hybridized carbons (Fsp3) is 0.0769. The van der Waals surface area contributed by atoms with Crippen LogP contribution < -0.4 is 0 Å². The van der Waals surface area contributed by atoms with Crippen LogP contribution in [0.25, 0.3) is 11.1 Å². The topological polar surface area (TPSA) is 84.3 Å². The van der Waals surface area contributed by atoms with E-state index in [4.69, 9.17) is 5.11 Å². The van der Waals surface area contributed by atoms with E-state index in [2.05, 4.69) is 4.98 Å². The van der Waals surface area contributed by atoms with Crippen LogP contribution in [0.1, 0.15) is 10.5 Å². The highest BCUT2D eigenvalue weighted by Crippen LogP contribution is 2.23. The number of aromatic nitrogens is 1. The highest BCUT2D eigenvalue weighted by molar-refractivity contribution is 7.90. The van der Waals surface area contributed by atoms with Gasteiger partial charge in [-0.1, -0.05) is 18.2 Å².